The molecule has 97 heavy (non-hydrogen) atoms. The van der Waals surface area contributed by atoms with Gasteiger partial charge in [0.2, 0.25) is 0 Å². The van der Waals surface area contributed by atoms with Crippen molar-refractivity contribution in [2.45, 2.75) is 105 Å². The van der Waals surface area contributed by atoms with E-state index in [1.165, 1.54) is 154 Å². The lowest BCUT2D eigenvalue weighted by Crippen LogP contribution is -2.61. The topological polar surface area (TPSA) is 16.3 Å². The van der Waals surface area contributed by atoms with Crippen LogP contribution >= 0.6 is 0 Å². The molecule has 0 unspecified atom stereocenters. The zero-order valence-corrected chi connectivity index (χ0v) is 57.7. The van der Waals surface area contributed by atoms with Crippen LogP contribution in [0.2, 0.25) is 0 Å². The Morgan fingerprint density at radius 2 is 0.639 bits per heavy atom. The lowest BCUT2D eigenvalue weighted by Gasteiger charge is -2.45. The Morgan fingerprint density at radius 1 is 0.247 bits per heavy atom. The fourth-order valence-electron chi connectivity index (χ4n) is 16.4. The molecule has 470 valence electrons. The third-order valence-electron chi connectivity index (χ3n) is 21.5. The number of hydrogen-bond acceptors (Lipinski definition) is 2. The van der Waals surface area contributed by atoms with Gasteiger partial charge in [0.25, 0.3) is 6.71 Å². The molecule has 0 spiro atoms. The first-order chi connectivity index (χ1) is 46.6. The summed E-state index contributed by atoms with van der Waals surface area (Å²) in [6.45, 7) is 28.3. The molecule has 2 aliphatic heterocycles. The number of hydrogen-bond donors (Lipinski definition) is 0. The van der Waals surface area contributed by atoms with Crippen LogP contribution in [0.3, 0.4) is 0 Å². The van der Waals surface area contributed by atoms with Crippen LogP contribution in [0.4, 0.5) is 34.1 Å². The first kappa shape index (κ1) is 58.9. The largest absolute Gasteiger partial charge is 0.311 e. The van der Waals surface area contributed by atoms with E-state index in [1.807, 2.05) is 0 Å². The molecule has 0 bridgehead atoms. The van der Waals surface area contributed by atoms with Gasteiger partial charge >= 0.3 is 0 Å². The summed E-state index contributed by atoms with van der Waals surface area (Å²) < 4.78 is 5.02. The lowest BCUT2D eigenvalue weighted by molar-refractivity contribution is 0.568. The highest BCUT2D eigenvalue weighted by Gasteiger charge is 2.45. The molecular formula is C92H79BN4. The molecule has 0 N–H and O–H groups in total. The molecule has 4 heterocycles. The fraction of sp³-hybridized carbons (Fsp3) is 0.174. The average molecular weight is 1250 g/mol. The number of nitrogens with zero attached hydrogens (tertiary/aromatic N) is 4. The maximum Gasteiger partial charge on any atom is 0.252 e. The molecule has 0 saturated heterocycles. The molecule has 0 aliphatic carbocycles. The Balaban J connectivity index is 1.01. The first-order valence-corrected chi connectivity index (χ1v) is 34.8. The van der Waals surface area contributed by atoms with E-state index in [-0.39, 0.29) is 28.4 Å². The highest BCUT2D eigenvalue weighted by atomic mass is 15.2. The monoisotopic (exact) mass is 1250 g/mol. The zero-order valence-electron chi connectivity index (χ0n) is 57.7. The molecule has 2 aromatic heterocycles. The van der Waals surface area contributed by atoms with Crippen LogP contribution in [0, 0.1) is 0 Å². The maximum absolute atomic E-state index is 2.70. The van der Waals surface area contributed by atoms with Crippen molar-refractivity contribution >= 4 is 144 Å². The van der Waals surface area contributed by atoms with Crippen LogP contribution in [0.25, 0.3) is 109 Å². The number of fused-ring (bicyclic) bond motifs is 17. The van der Waals surface area contributed by atoms with Crippen molar-refractivity contribution in [1.82, 2.24) is 9.13 Å². The van der Waals surface area contributed by atoms with Crippen molar-refractivity contribution in [3.05, 3.63) is 283 Å². The SMILES string of the molecule is CC(C)(C)c1cc(N2c3cc4c(ccc5ccccc54)cc3B3c4cc5ccc6ccccc6c5cc4N(c4cc(C(C)(C)C)cc(C(C)(C)C)c4)c4cc(-c5ccc6c(c5)c5ccc7c8ccccc8n(-c8ccccc8)c7c5n6-c5ccccc5)cc2c43)cc(C(C)(C)C)c1. The van der Waals surface area contributed by atoms with Gasteiger partial charge < -0.3 is 18.9 Å². The molecule has 4 nitrogen and oxygen atoms in total. The zero-order chi connectivity index (χ0) is 66.3. The summed E-state index contributed by atoms with van der Waals surface area (Å²) in [5.41, 5.74) is 25.0. The van der Waals surface area contributed by atoms with Crippen LogP contribution in [0.5, 0.6) is 0 Å². The van der Waals surface area contributed by atoms with Crippen molar-refractivity contribution in [1.29, 1.82) is 0 Å². The fourth-order valence-corrected chi connectivity index (χ4v) is 16.4. The third kappa shape index (κ3) is 9.17. The van der Waals surface area contributed by atoms with Gasteiger partial charge in [0.05, 0.1) is 22.1 Å². The van der Waals surface area contributed by atoms with E-state index >= 15 is 0 Å². The highest BCUT2D eigenvalue weighted by Crippen LogP contribution is 2.52. The van der Waals surface area contributed by atoms with Crippen LogP contribution in [-0.4, -0.2) is 15.8 Å². The molecule has 0 amide bonds. The molecule has 5 heteroatoms. The summed E-state index contributed by atoms with van der Waals surface area (Å²) >= 11 is 0. The van der Waals surface area contributed by atoms with Crippen LogP contribution in [-0.2, 0) is 21.7 Å². The first-order valence-electron chi connectivity index (χ1n) is 34.8. The molecule has 0 fully saturated rings. The van der Waals surface area contributed by atoms with Gasteiger partial charge in [-0.1, -0.05) is 253 Å². The van der Waals surface area contributed by atoms with E-state index < -0.39 is 0 Å². The third-order valence-corrected chi connectivity index (χ3v) is 21.5. The van der Waals surface area contributed by atoms with Crippen LogP contribution in [0.15, 0.2) is 261 Å². The average Bonchev–Trinajstić information content (AvgIpc) is 0.914. The second-order valence-corrected chi connectivity index (χ2v) is 31.9. The summed E-state index contributed by atoms with van der Waals surface area (Å²) in [4.78, 5) is 5.39. The summed E-state index contributed by atoms with van der Waals surface area (Å²) in [6.07, 6.45) is 0. The van der Waals surface area contributed by atoms with Crippen LogP contribution in [0.1, 0.15) is 105 Å². The minimum Gasteiger partial charge on any atom is -0.311 e. The second kappa shape index (κ2) is 20.9. The highest BCUT2D eigenvalue weighted by molar-refractivity contribution is 7.00. The summed E-state index contributed by atoms with van der Waals surface area (Å²) in [5, 5.41) is 14.9. The minimum atomic E-state index is -0.144. The number of aromatic nitrogens is 2. The predicted molar refractivity (Wildman–Crippen MR) is 419 cm³/mol. The molecule has 0 saturated carbocycles. The molecule has 18 rings (SSSR count). The Kier molecular flexibility index (Phi) is 12.7. The van der Waals surface area contributed by atoms with Gasteiger partial charge in [-0.3, -0.25) is 0 Å². The van der Waals surface area contributed by atoms with E-state index in [0.29, 0.717) is 0 Å². The predicted octanol–water partition coefficient (Wildman–Crippen LogP) is 23.4. The van der Waals surface area contributed by atoms with Crippen molar-refractivity contribution in [3.63, 3.8) is 0 Å². The molecule has 0 radical (unpaired) electrons. The molecule has 14 aromatic carbocycles. The Hall–Kier alpha value is -10.6. The normalized spacial score (nSPS) is 13.5. The molecule has 0 atom stereocenters. The summed E-state index contributed by atoms with van der Waals surface area (Å²) in [5.74, 6) is 0. The summed E-state index contributed by atoms with van der Waals surface area (Å²) in [7, 11) is 0. The van der Waals surface area contributed by atoms with Gasteiger partial charge in [-0.25, -0.2) is 0 Å². The van der Waals surface area contributed by atoms with Crippen molar-refractivity contribution in [2.75, 3.05) is 9.80 Å². The van der Waals surface area contributed by atoms with E-state index in [2.05, 4.69) is 363 Å². The number of rotatable bonds is 5. The standard InChI is InChI=1S/C92H79BN4/c1-89(2,3)62-48-63(90(4,5)6)51-68(50-62)94-82-54-75-59(37-35-56-25-19-21-31-70(56)75)44-78(82)93-79-45-60-38-36-57-26-20-22-32-71(57)76(60)55-83(79)95(69-52-64(91(7,8)9)49-65(53-69)92(10,11)12)85-47-61(46-84(94)86(85)93)58-39-42-81-77(43-58)74-41-40-73-72-33-23-24-34-80(72)96(66-27-15-13-16-28-66)87(73)88(74)97(81)67-29-17-14-18-30-67/h13-55H,1-12H3. The van der Waals surface area contributed by atoms with Crippen molar-refractivity contribution in [2.24, 2.45) is 0 Å². The molecule has 16 aromatic rings. The van der Waals surface area contributed by atoms with Crippen molar-refractivity contribution in [3.8, 4) is 22.5 Å². The Bertz CT molecular complexity index is 5700. The Morgan fingerprint density at radius 3 is 1.09 bits per heavy atom. The lowest BCUT2D eigenvalue weighted by atomic mass is 9.33. The van der Waals surface area contributed by atoms with Gasteiger partial charge in [-0.05, 0) is 206 Å². The second-order valence-electron chi connectivity index (χ2n) is 31.9. The maximum atomic E-state index is 2.70. The van der Waals surface area contributed by atoms with Gasteiger partial charge in [-0.2, -0.15) is 0 Å². The minimum absolute atomic E-state index is 0.142. The van der Waals surface area contributed by atoms with E-state index in [0.717, 1.165) is 28.0 Å². The molecule has 2 aliphatic rings. The number of anilines is 6. The van der Waals surface area contributed by atoms with E-state index in [9.17, 15) is 0 Å². The van der Waals surface area contributed by atoms with Gasteiger partial charge in [0.15, 0.2) is 0 Å². The smallest absolute Gasteiger partial charge is 0.252 e. The quantitative estimate of drug-likeness (QED) is 0.126. The van der Waals surface area contributed by atoms with E-state index in [4.69, 9.17) is 0 Å². The molecular weight excluding hydrogens is 1170 g/mol. The van der Waals surface area contributed by atoms with Crippen LogP contribution < -0.4 is 26.2 Å². The van der Waals surface area contributed by atoms with Gasteiger partial charge in [-0.15, -0.1) is 0 Å². The Labute approximate surface area is 569 Å². The van der Waals surface area contributed by atoms with E-state index in [1.54, 1.807) is 0 Å². The van der Waals surface area contributed by atoms with Crippen molar-refractivity contribution < 1.29 is 0 Å². The number of benzene rings is 14. The summed E-state index contributed by atoms with van der Waals surface area (Å²) in [6, 6.07) is 101. The number of para-hydroxylation sites is 3. The van der Waals surface area contributed by atoms with Gasteiger partial charge in [0, 0.05) is 67.0 Å². The van der Waals surface area contributed by atoms with Gasteiger partial charge in [0.1, 0.15) is 0 Å².